The van der Waals surface area contributed by atoms with Crippen LogP contribution in [0.25, 0.3) is 0 Å². The Labute approximate surface area is 117 Å². The molecule has 0 saturated heterocycles. The van der Waals surface area contributed by atoms with Gasteiger partial charge in [0.2, 0.25) is 0 Å². The van der Waals surface area contributed by atoms with Crippen molar-refractivity contribution in [2.45, 2.75) is 13.0 Å². The van der Waals surface area contributed by atoms with Gasteiger partial charge in [0.1, 0.15) is 0 Å². The number of aromatic nitrogens is 1. The third kappa shape index (κ3) is 3.65. The van der Waals surface area contributed by atoms with Crippen molar-refractivity contribution < 1.29 is 9.59 Å². The number of pyridine rings is 1. The average Bonchev–Trinajstić information content (AvgIpc) is 2.49. The zero-order chi connectivity index (χ0) is 14.4. The van der Waals surface area contributed by atoms with Gasteiger partial charge >= 0.3 is 11.8 Å². The van der Waals surface area contributed by atoms with Crippen LogP contribution in [-0.4, -0.2) is 16.8 Å². The lowest BCUT2D eigenvalue weighted by atomic mass is 10.1. The van der Waals surface area contributed by atoms with Crippen LogP contribution in [0.15, 0.2) is 54.9 Å². The molecule has 2 amide bonds. The molecular formula is C15H15N3O2. The molecule has 1 unspecified atom stereocenters. The van der Waals surface area contributed by atoms with E-state index in [1.165, 1.54) is 6.20 Å². The molecule has 0 aliphatic carbocycles. The third-order valence-corrected chi connectivity index (χ3v) is 2.77. The van der Waals surface area contributed by atoms with Crippen molar-refractivity contribution in [3.63, 3.8) is 0 Å². The molecule has 1 atom stereocenters. The highest BCUT2D eigenvalue weighted by atomic mass is 16.2. The van der Waals surface area contributed by atoms with E-state index in [1.807, 2.05) is 37.3 Å². The third-order valence-electron chi connectivity index (χ3n) is 2.77. The second-order valence-corrected chi connectivity index (χ2v) is 4.30. The van der Waals surface area contributed by atoms with Crippen LogP contribution in [0, 0.1) is 0 Å². The van der Waals surface area contributed by atoms with E-state index in [-0.39, 0.29) is 6.04 Å². The SMILES string of the molecule is CC(NC(=O)C(=O)Nc1cccnc1)c1ccccc1. The van der Waals surface area contributed by atoms with E-state index in [0.29, 0.717) is 5.69 Å². The molecule has 1 aromatic carbocycles. The van der Waals surface area contributed by atoms with Gasteiger partial charge in [-0.2, -0.15) is 0 Å². The van der Waals surface area contributed by atoms with Crippen molar-refractivity contribution in [1.82, 2.24) is 10.3 Å². The average molecular weight is 269 g/mol. The lowest BCUT2D eigenvalue weighted by molar-refractivity contribution is -0.136. The van der Waals surface area contributed by atoms with E-state index in [4.69, 9.17) is 0 Å². The first-order chi connectivity index (χ1) is 9.66. The van der Waals surface area contributed by atoms with Crippen molar-refractivity contribution in [2.24, 2.45) is 0 Å². The number of anilines is 1. The smallest absolute Gasteiger partial charge is 0.313 e. The molecule has 5 nitrogen and oxygen atoms in total. The molecule has 0 aliphatic heterocycles. The zero-order valence-electron chi connectivity index (χ0n) is 11.0. The topological polar surface area (TPSA) is 71.1 Å². The summed E-state index contributed by atoms with van der Waals surface area (Å²) >= 11 is 0. The lowest BCUT2D eigenvalue weighted by Gasteiger charge is -2.13. The van der Waals surface area contributed by atoms with Crippen LogP contribution in [0.1, 0.15) is 18.5 Å². The fourth-order valence-corrected chi connectivity index (χ4v) is 1.71. The number of benzene rings is 1. The van der Waals surface area contributed by atoms with Gasteiger partial charge in [0.25, 0.3) is 0 Å². The minimum Gasteiger partial charge on any atom is -0.341 e. The molecule has 2 aromatic rings. The number of hydrogen-bond donors (Lipinski definition) is 2. The highest BCUT2D eigenvalue weighted by molar-refractivity contribution is 6.39. The Hall–Kier alpha value is -2.69. The molecular weight excluding hydrogens is 254 g/mol. The first-order valence-electron chi connectivity index (χ1n) is 6.23. The maximum Gasteiger partial charge on any atom is 0.313 e. The number of rotatable bonds is 3. The summed E-state index contributed by atoms with van der Waals surface area (Å²) in [6, 6.07) is 12.6. The fraction of sp³-hybridized carbons (Fsp3) is 0.133. The molecule has 0 spiro atoms. The van der Waals surface area contributed by atoms with Gasteiger partial charge in [0.15, 0.2) is 0 Å². The van der Waals surface area contributed by atoms with Gasteiger partial charge in [0.05, 0.1) is 17.9 Å². The Morgan fingerprint density at radius 3 is 2.45 bits per heavy atom. The van der Waals surface area contributed by atoms with Crippen molar-refractivity contribution in [1.29, 1.82) is 0 Å². The summed E-state index contributed by atoms with van der Waals surface area (Å²) in [6.07, 6.45) is 3.07. The van der Waals surface area contributed by atoms with Crippen molar-refractivity contribution in [3.05, 3.63) is 60.4 Å². The first kappa shape index (κ1) is 13.7. The maximum absolute atomic E-state index is 11.8. The van der Waals surface area contributed by atoms with Gasteiger partial charge < -0.3 is 10.6 Å². The predicted molar refractivity (Wildman–Crippen MR) is 75.9 cm³/mol. The standard InChI is InChI=1S/C15H15N3O2/c1-11(12-6-3-2-4-7-12)17-14(19)15(20)18-13-8-5-9-16-10-13/h2-11H,1H3,(H,17,19)(H,18,20). The Morgan fingerprint density at radius 1 is 1.05 bits per heavy atom. The van der Waals surface area contributed by atoms with Crippen molar-refractivity contribution in [3.8, 4) is 0 Å². The molecule has 0 fully saturated rings. The van der Waals surface area contributed by atoms with Crippen LogP contribution in [0.2, 0.25) is 0 Å². The number of nitrogens with one attached hydrogen (secondary N) is 2. The van der Waals surface area contributed by atoms with E-state index < -0.39 is 11.8 Å². The number of hydrogen-bond acceptors (Lipinski definition) is 3. The van der Waals surface area contributed by atoms with Crippen molar-refractivity contribution >= 4 is 17.5 Å². The Morgan fingerprint density at radius 2 is 1.80 bits per heavy atom. The van der Waals surface area contributed by atoms with Crippen LogP contribution >= 0.6 is 0 Å². The van der Waals surface area contributed by atoms with E-state index in [2.05, 4.69) is 15.6 Å². The monoisotopic (exact) mass is 269 g/mol. The summed E-state index contributed by atoms with van der Waals surface area (Å²) in [5, 5.41) is 5.13. The highest BCUT2D eigenvalue weighted by Crippen LogP contribution is 2.11. The zero-order valence-corrected chi connectivity index (χ0v) is 11.0. The minimum atomic E-state index is -0.708. The second kappa shape index (κ2) is 6.47. The molecule has 0 radical (unpaired) electrons. The fourth-order valence-electron chi connectivity index (χ4n) is 1.71. The number of carbonyl (C=O) groups is 2. The lowest BCUT2D eigenvalue weighted by Crippen LogP contribution is -2.36. The van der Waals surface area contributed by atoms with E-state index in [9.17, 15) is 9.59 Å². The van der Waals surface area contributed by atoms with Gasteiger partial charge in [-0.25, -0.2) is 0 Å². The van der Waals surface area contributed by atoms with Gasteiger partial charge in [-0.1, -0.05) is 30.3 Å². The summed E-state index contributed by atoms with van der Waals surface area (Å²) < 4.78 is 0. The molecule has 1 heterocycles. The number of amides is 2. The van der Waals surface area contributed by atoms with Crippen LogP contribution in [0.3, 0.4) is 0 Å². The Kier molecular flexibility index (Phi) is 4.44. The summed E-state index contributed by atoms with van der Waals surface area (Å²) in [7, 11) is 0. The number of carbonyl (C=O) groups excluding carboxylic acids is 2. The summed E-state index contributed by atoms with van der Waals surface area (Å²) in [5.74, 6) is -1.38. The molecule has 0 saturated carbocycles. The quantitative estimate of drug-likeness (QED) is 0.836. The molecule has 2 rings (SSSR count). The Bertz CT molecular complexity index is 585. The largest absolute Gasteiger partial charge is 0.341 e. The molecule has 1 aromatic heterocycles. The maximum atomic E-state index is 11.8. The van der Waals surface area contributed by atoms with E-state index in [0.717, 1.165) is 5.56 Å². The molecule has 2 N–H and O–H groups in total. The van der Waals surface area contributed by atoms with Gasteiger partial charge in [-0.15, -0.1) is 0 Å². The number of nitrogens with zero attached hydrogens (tertiary/aromatic N) is 1. The van der Waals surface area contributed by atoms with Crippen LogP contribution in [0.4, 0.5) is 5.69 Å². The molecule has 20 heavy (non-hydrogen) atoms. The van der Waals surface area contributed by atoms with Crippen LogP contribution in [0.5, 0.6) is 0 Å². The second-order valence-electron chi connectivity index (χ2n) is 4.30. The summed E-state index contributed by atoms with van der Waals surface area (Å²) in [5.41, 5.74) is 1.43. The Balaban J connectivity index is 1.93. The van der Waals surface area contributed by atoms with Crippen LogP contribution in [-0.2, 0) is 9.59 Å². The van der Waals surface area contributed by atoms with E-state index in [1.54, 1.807) is 18.3 Å². The normalized spacial score (nSPS) is 11.4. The van der Waals surface area contributed by atoms with Gasteiger partial charge in [0, 0.05) is 6.20 Å². The summed E-state index contributed by atoms with van der Waals surface area (Å²) in [6.45, 7) is 1.82. The van der Waals surface area contributed by atoms with E-state index >= 15 is 0 Å². The predicted octanol–water partition coefficient (Wildman–Crippen LogP) is 1.90. The minimum absolute atomic E-state index is 0.233. The molecule has 5 heteroatoms. The molecule has 0 aliphatic rings. The molecule has 0 bridgehead atoms. The summed E-state index contributed by atoms with van der Waals surface area (Å²) in [4.78, 5) is 27.4. The van der Waals surface area contributed by atoms with Crippen LogP contribution < -0.4 is 10.6 Å². The first-order valence-corrected chi connectivity index (χ1v) is 6.23. The highest BCUT2D eigenvalue weighted by Gasteiger charge is 2.16. The van der Waals surface area contributed by atoms with Gasteiger partial charge in [-0.05, 0) is 24.6 Å². The van der Waals surface area contributed by atoms with Crippen molar-refractivity contribution in [2.75, 3.05) is 5.32 Å². The van der Waals surface area contributed by atoms with Gasteiger partial charge in [-0.3, -0.25) is 14.6 Å². The molecule has 102 valence electrons.